The van der Waals surface area contributed by atoms with Gasteiger partial charge in [0.2, 0.25) is 0 Å². The molecular weight excluding hydrogens is 660 g/mol. The summed E-state index contributed by atoms with van der Waals surface area (Å²) in [5.41, 5.74) is 13.0. The first-order valence-corrected chi connectivity index (χ1v) is 18.6. The highest BCUT2D eigenvalue weighted by atomic mass is 35.5. The second kappa shape index (κ2) is 16.8. The summed E-state index contributed by atoms with van der Waals surface area (Å²) in [7, 11) is 0. The number of carboxylic acid groups (broad SMARTS) is 1. The second-order valence-corrected chi connectivity index (χ2v) is 15.5. The van der Waals surface area contributed by atoms with Crippen molar-refractivity contribution in [3.8, 4) is 0 Å². The number of carbonyl (C=O) groups is 1. The van der Waals surface area contributed by atoms with Crippen LogP contribution in [0.15, 0.2) is 103 Å². The Morgan fingerprint density at radius 3 is 2.42 bits per heavy atom. The number of nitrogens with two attached hydrogens (primary N) is 1. The van der Waals surface area contributed by atoms with E-state index in [4.69, 9.17) is 22.3 Å². The lowest BCUT2D eigenvalue weighted by atomic mass is 9.90. The molecule has 0 bridgehead atoms. The zero-order valence-electron chi connectivity index (χ0n) is 29.1. The third-order valence-corrected chi connectivity index (χ3v) is 11.1. The fraction of sp³-hybridized carbons (Fsp3) is 0.302. The number of rotatable bonds is 13. The number of halogens is 1. The van der Waals surface area contributed by atoms with Crippen molar-refractivity contribution in [1.29, 1.82) is 0 Å². The smallest absolute Gasteiger partial charge is 0.303 e. The van der Waals surface area contributed by atoms with Crippen LogP contribution in [0.3, 0.4) is 0 Å². The Bertz CT molecular complexity index is 1930. The molecule has 0 saturated heterocycles. The fourth-order valence-corrected chi connectivity index (χ4v) is 7.82. The van der Waals surface area contributed by atoms with E-state index < -0.39 is 11.6 Å². The Kier molecular flexibility index (Phi) is 12.6. The van der Waals surface area contributed by atoms with E-state index in [1.54, 1.807) is 0 Å². The first kappa shape index (κ1) is 37.3. The molecule has 0 unspecified atom stereocenters. The number of nitrogens with zero attached hydrogens (tertiary/aromatic N) is 1. The number of aryl methyl sites for hydroxylation is 2. The molecule has 1 heterocycles. The standard InChI is InChI=1S/C35H36ClNO3S.C8H11N/c1-34(2,40)30-9-4-3-7-25(30)13-17-32(41-23-35(18-19-35)22-33(38)39)27-8-5-6-24(20-27)10-15-29-16-12-26-11-14-28(36)21-31(26)37-29;1-7-2-4-8(6-9)5-3-7/h3-12,14-16,20-21,32,40H,13,17-19,22-23H2,1-2H3,(H,38,39);2-5H,6,9H2,1H3/b15-10+;/t32-;/m1./s1. The Morgan fingerprint density at radius 2 is 1.72 bits per heavy atom. The molecule has 4 aromatic carbocycles. The van der Waals surface area contributed by atoms with Crippen molar-refractivity contribution in [2.75, 3.05) is 5.75 Å². The van der Waals surface area contributed by atoms with Crippen LogP contribution in [0.25, 0.3) is 23.1 Å². The second-order valence-electron chi connectivity index (χ2n) is 13.9. The summed E-state index contributed by atoms with van der Waals surface area (Å²) in [6.45, 7) is 6.37. The van der Waals surface area contributed by atoms with Gasteiger partial charge in [-0.1, -0.05) is 108 Å². The molecule has 5 nitrogen and oxygen atoms in total. The van der Waals surface area contributed by atoms with Gasteiger partial charge in [-0.3, -0.25) is 4.79 Å². The van der Waals surface area contributed by atoms with Crippen LogP contribution in [0, 0.1) is 12.3 Å². The minimum Gasteiger partial charge on any atom is -0.481 e. The molecular formula is C43H47ClN2O3S. The van der Waals surface area contributed by atoms with Crippen molar-refractivity contribution in [1.82, 2.24) is 4.98 Å². The minimum absolute atomic E-state index is 0.0814. The molecule has 1 aliphatic rings. The molecule has 0 amide bonds. The first-order valence-electron chi connectivity index (χ1n) is 17.2. The zero-order chi connectivity index (χ0) is 35.7. The monoisotopic (exact) mass is 706 g/mol. The molecule has 0 aliphatic heterocycles. The van der Waals surface area contributed by atoms with Gasteiger partial charge in [0.25, 0.3) is 0 Å². The van der Waals surface area contributed by atoms with Gasteiger partial charge in [0.05, 0.1) is 23.2 Å². The Hall–Kier alpha value is -3.94. The Balaban J connectivity index is 0.000000470. The zero-order valence-corrected chi connectivity index (χ0v) is 30.7. The lowest BCUT2D eigenvalue weighted by Gasteiger charge is -2.24. The molecule has 1 aromatic heterocycles. The van der Waals surface area contributed by atoms with E-state index in [0.717, 1.165) is 64.7 Å². The van der Waals surface area contributed by atoms with Crippen LogP contribution < -0.4 is 5.73 Å². The SMILES string of the molecule is CC(C)(O)c1ccccc1CC[C@@H](SCC1(CC(=O)O)CC1)c1cccc(/C=C/c2ccc3ccc(Cl)cc3n2)c1.Cc1ccc(CN)cc1. The maximum absolute atomic E-state index is 11.5. The van der Waals surface area contributed by atoms with Gasteiger partial charge in [-0.15, -0.1) is 0 Å². The van der Waals surface area contributed by atoms with Crippen LogP contribution in [0.2, 0.25) is 5.02 Å². The Labute approximate surface area is 305 Å². The van der Waals surface area contributed by atoms with Crippen molar-refractivity contribution >= 4 is 52.4 Å². The highest BCUT2D eigenvalue weighted by Crippen LogP contribution is 2.53. The van der Waals surface area contributed by atoms with Crippen LogP contribution in [-0.2, 0) is 23.4 Å². The first-order chi connectivity index (χ1) is 23.9. The summed E-state index contributed by atoms with van der Waals surface area (Å²) < 4.78 is 0. The number of aliphatic carboxylic acids is 1. The molecule has 260 valence electrons. The van der Waals surface area contributed by atoms with Gasteiger partial charge in [0.15, 0.2) is 0 Å². The molecule has 50 heavy (non-hydrogen) atoms. The summed E-state index contributed by atoms with van der Waals surface area (Å²) in [6, 6.07) is 34.7. The lowest BCUT2D eigenvalue weighted by Crippen LogP contribution is -2.18. The fourth-order valence-electron chi connectivity index (χ4n) is 6.08. The summed E-state index contributed by atoms with van der Waals surface area (Å²) in [6.07, 6.45) is 8.02. The summed E-state index contributed by atoms with van der Waals surface area (Å²) in [4.78, 5) is 16.2. The van der Waals surface area contributed by atoms with Crippen molar-refractivity contribution < 1.29 is 15.0 Å². The summed E-state index contributed by atoms with van der Waals surface area (Å²) in [5.74, 6) is 0.122. The molecule has 1 fully saturated rings. The third-order valence-electron chi connectivity index (χ3n) is 9.19. The van der Waals surface area contributed by atoms with Gasteiger partial charge in [-0.05, 0) is 104 Å². The minimum atomic E-state index is -0.911. The van der Waals surface area contributed by atoms with E-state index in [1.807, 2.05) is 74.1 Å². The maximum Gasteiger partial charge on any atom is 0.303 e. The van der Waals surface area contributed by atoms with Crippen molar-refractivity contribution in [3.05, 3.63) is 147 Å². The third kappa shape index (κ3) is 10.8. The van der Waals surface area contributed by atoms with Gasteiger partial charge in [-0.2, -0.15) is 11.8 Å². The number of thioether (sulfide) groups is 1. The molecule has 1 aliphatic carbocycles. The summed E-state index contributed by atoms with van der Waals surface area (Å²) in [5, 5.41) is 22.1. The largest absolute Gasteiger partial charge is 0.481 e. The summed E-state index contributed by atoms with van der Waals surface area (Å²) >= 11 is 8.04. The molecule has 4 N–H and O–H groups in total. The normalized spacial score (nSPS) is 14.3. The van der Waals surface area contributed by atoms with Gasteiger partial charge in [-0.25, -0.2) is 4.98 Å². The van der Waals surface area contributed by atoms with Gasteiger partial charge < -0.3 is 15.9 Å². The van der Waals surface area contributed by atoms with E-state index in [9.17, 15) is 15.0 Å². The number of benzene rings is 4. The number of fused-ring (bicyclic) bond motifs is 1. The number of aliphatic hydroxyl groups is 1. The van der Waals surface area contributed by atoms with Gasteiger partial charge >= 0.3 is 5.97 Å². The topological polar surface area (TPSA) is 96.4 Å². The quantitative estimate of drug-likeness (QED) is 0.113. The number of aromatic nitrogens is 1. The maximum atomic E-state index is 11.5. The van der Waals surface area contributed by atoms with E-state index in [0.29, 0.717) is 11.6 Å². The molecule has 0 spiro atoms. The highest BCUT2D eigenvalue weighted by Gasteiger charge is 2.44. The molecule has 5 aromatic rings. The Morgan fingerprint density at radius 1 is 0.980 bits per heavy atom. The molecule has 0 radical (unpaired) electrons. The van der Waals surface area contributed by atoms with Gasteiger partial charge in [0.1, 0.15) is 0 Å². The van der Waals surface area contributed by atoms with E-state index in [1.165, 1.54) is 16.7 Å². The van der Waals surface area contributed by atoms with E-state index in [-0.39, 0.29) is 17.1 Å². The molecule has 1 saturated carbocycles. The molecule has 7 heteroatoms. The molecule has 1 atom stereocenters. The van der Waals surface area contributed by atoms with Crippen LogP contribution >= 0.6 is 23.4 Å². The van der Waals surface area contributed by atoms with E-state index in [2.05, 4.69) is 73.7 Å². The highest BCUT2D eigenvalue weighted by molar-refractivity contribution is 7.99. The average Bonchev–Trinajstić information content (AvgIpc) is 3.86. The number of hydrogen-bond acceptors (Lipinski definition) is 5. The van der Waals surface area contributed by atoms with Crippen LogP contribution in [-0.4, -0.2) is 26.9 Å². The van der Waals surface area contributed by atoms with Crippen molar-refractivity contribution in [3.63, 3.8) is 0 Å². The van der Waals surface area contributed by atoms with Crippen LogP contribution in [0.4, 0.5) is 0 Å². The van der Waals surface area contributed by atoms with E-state index >= 15 is 0 Å². The lowest BCUT2D eigenvalue weighted by molar-refractivity contribution is -0.138. The molecule has 6 rings (SSSR count). The number of carboxylic acids is 1. The predicted octanol–water partition coefficient (Wildman–Crippen LogP) is 10.4. The average molecular weight is 707 g/mol. The van der Waals surface area contributed by atoms with Crippen LogP contribution in [0.5, 0.6) is 0 Å². The van der Waals surface area contributed by atoms with Crippen molar-refractivity contribution in [2.45, 2.75) is 70.3 Å². The predicted molar refractivity (Wildman–Crippen MR) is 210 cm³/mol. The number of pyridine rings is 1. The van der Waals surface area contributed by atoms with Crippen LogP contribution in [0.1, 0.15) is 83.9 Å². The van der Waals surface area contributed by atoms with Crippen molar-refractivity contribution in [2.24, 2.45) is 11.1 Å². The van der Waals surface area contributed by atoms with Gasteiger partial charge in [0, 0.05) is 28.0 Å². The number of hydrogen-bond donors (Lipinski definition) is 3.